The van der Waals surface area contributed by atoms with E-state index in [0.29, 0.717) is 13.0 Å². The highest BCUT2D eigenvalue weighted by atomic mass is 16.6. The zero-order chi connectivity index (χ0) is 14.7. The van der Waals surface area contributed by atoms with Crippen LogP contribution in [-0.4, -0.2) is 38.7 Å². The minimum absolute atomic E-state index is 0.0568. The van der Waals surface area contributed by atoms with Crippen molar-refractivity contribution in [3.05, 3.63) is 27.9 Å². The Bertz CT molecular complexity index is 534. The molecule has 0 aromatic carbocycles. The van der Waals surface area contributed by atoms with Crippen LogP contribution in [0.4, 0.5) is 11.5 Å². The topological polar surface area (TPSA) is 126 Å². The monoisotopic (exact) mass is 281 g/mol. The van der Waals surface area contributed by atoms with E-state index in [2.05, 4.69) is 10.3 Å². The normalized spacial score (nSPS) is 21.6. The summed E-state index contributed by atoms with van der Waals surface area (Å²) >= 11 is 0. The first-order chi connectivity index (χ1) is 9.47. The Hall–Kier alpha value is -2.22. The van der Waals surface area contributed by atoms with Crippen molar-refractivity contribution in [2.75, 3.05) is 11.9 Å². The summed E-state index contributed by atoms with van der Waals surface area (Å²) in [5.41, 5.74) is -0.581. The van der Waals surface area contributed by atoms with Crippen LogP contribution in [0.3, 0.4) is 0 Å². The summed E-state index contributed by atoms with van der Waals surface area (Å²) in [6, 6.07) is 0.987. The van der Waals surface area contributed by atoms with E-state index in [4.69, 9.17) is 5.11 Å². The van der Waals surface area contributed by atoms with E-state index in [1.165, 1.54) is 0 Å². The van der Waals surface area contributed by atoms with Gasteiger partial charge in [-0.05, 0) is 25.2 Å². The van der Waals surface area contributed by atoms with Gasteiger partial charge in [0.15, 0.2) is 0 Å². The van der Waals surface area contributed by atoms with Gasteiger partial charge in [-0.1, -0.05) is 0 Å². The number of nitrogens with one attached hydrogen (secondary N) is 1. The number of pyridine rings is 1. The van der Waals surface area contributed by atoms with Crippen molar-refractivity contribution in [3.8, 4) is 0 Å². The van der Waals surface area contributed by atoms with Crippen LogP contribution in [0.25, 0.3) is 0 Å². The molecule has 0 amide bonds. The fourth-order valence-electron chi connectivity index (χ4n) is 2.32. The third-order valence-electron chi connectivity index (χ3n) is 3.38. The molecule has 1 aliphatic carbocycles. The predicted molar refractivity (Wildman–Crippen MR) is 69.7 cm³/mol. The van der Waals surface area contributed by atoms with Crippen LogP contribution >= 0.6 is 0 Å². The van der Waals surface area contributed by atoms with E-state index < -0.39 is 10.9 Å². The molecular weight excluding hydrogens is 266 g/mol. The minimum Gasteiger partial charge on any atom is -0.478 e. The smallest absolute Gasteiger partial charge is 0.337 e. The maximum absolute atomic E-state index is 10.9. The second-order valence-corrected chi connectivity index (χ2v) is 4.87. The molecule has 0 radical (unpaired) electrons. The number of aliphatic hydroxyl groups excluding tert-OH is 1. The van der Waals surface area contributed by atoms with Crippen molar-refractivity contribution >= 4 is 17.5 Å². The fourth-order valence-corrected chi connectivity index (χ4v) is 2.32. The van der Waals surface area contributed by atoms with Crippen LogP contribution in [0.5, 0.6) is 0 Å². The summed E-state index contributed by atoms with van der Waals surface area (Å²) in [6.45, 7) is 0.470. The van der Waals surface area contributed by atoms with Gasteiger partial charge < -0.3 is 15.5 Å². The van der Waals surface area contributed by atoms with Crippen LogP contribution < -0.4 is 5.32 Å². The van der Waals surface area contributed by atoms with Crippen LogP contribution in [0, 0.1) is 16.0 Å². The second kappa shape index (κ2) is 5.83. The zero-order valence-corrected chi connectivity index (χ0v) is 10.7. The highest BCUT2D eigenvalue weighted by Crippen LogP contribution is 2.27. The Labute approximate surface area is 114 Å². The molecule has 2 unspecified atom stereocenters. The summed E-state index contributed by atoms with van der Waals surface area (Å²) in [5.74, 6) is -0.960. The molecule has 1 saturated carbocycles. The van der Waals surface area contributed by atoms with E-state index in [1.54, 1.807) is 0 Å². The predicted octanol–water partition coefficient (Wildman–Crippen LogP) is 1.26. The largest absolute Gasteiger partial charge is 0.478 e. The number of carboxylic acid groups (broad SMARTS) is 1. The molecule has 2 atom stereocenters. The Morgan fingerprint density at radius 2 is 2.30 bits per heavy atom. The second-order valence-electron chi connectivity index (χ2n) is 4.87. The molecule has 8 heteroatoms. The number of carbonyl (C=O) groups is 1. The molecule has 20 heavy (non-hydrogen) atoms. The number of nitro groups is 1. The molecule has 108 valence electrons. The summed E-state index contributed by atoms with van der Waals surface area (Å²) < 4.78 is 0. The highest BCUT2D eigenvalue weighted by molar-refractivity contribution is 5.88. The molecule has 0 aliphatic heterocycles. The average molecular weight is 281 g/mol. The van der Waals surface area contributed by atoms with Gasteiger partial charge >= 0.3 is 11.7 Å². The lowest BCUT2D eigenvalue weighted by molar-refractivity contribution is -0.384. The van der Waals surface area contributed by atoms with Gasteiger partial charge in [-0.25, -0.2) is 9.78 Å². The van der Waals surface area contributed by atoms with Gasteiger partial charge in [-0.3, -0.25) is 10.1 Å². The van der Waals surface area contributed by atoms with Gasteiger partial charge in [0.05, 0.1) is 16.6 Å². The molecule has 1 fully saturated rings. The van der Waals surface area contributed by atoms with Crippen LogP contribution in [0.2, 0.25) is 0 Å². The van der Waals surface area contributed by atoms with Gasteiger partial charge in [-0.2, -0.15) is 0 Å². The Morgan fingerprint density at radius 1 is 1.55 bits per heavy atom. The maximum atomic E-state index is 10.9. The fraction of sp³-hybridized carbons (Fsp3) is 0.500. The number of aliphatic hydroxyl groups is 1. The van der Waals surface area contributed by atoms with Crippen molar-refractivity contribution in [1.29, 1.82) is 0 Å². The van der Waals surface area contributed by atoms with E-state index in [1.807, 2.05) is 0 Å². The summed E-state index contributed by atoms with van der Waals surface area (Å²) in [7, 11) is 0. The maximum Gasteiger partial charge on any atom is 0.337 e. The van der Waals surface area contributed by atoms with Crippen molar-refractivity contribution < 1.29 is 19.9 Å². The van der Waals surface area contributed by atoms with Crippen LogP contribution in [-0.2, 0) is 0 Å². The molecule has 8 nitrogen and oxygen atoms in total. The highest BCUT2D eigenvalue weighted by Gasteiger charge is 2.24. The number of nitrogens with zero attached hydrogens (tertiary/aromatic N) is 2. The van der Waals surface area contributed by atoms with E-state index >= 15 is 0 Å². The van der Waals surface area contributed by atoms with Crippen LogP contribution in [0.1, 0.15) is 29.6 Å². The molecule has 0 saturated heterocycles. The quantitative estimate of drug-likeness (QED) is 0.547. The van der Waals surface area contributed by atoms with Gasteiger partial charge in [0.1, 0.15) is 0 Å². The number of hydrogen-bond acceptors (Lipinski definition) is 6. The lowest BCUT2D eigenvalue weighted by Crippen LogP contribution is -2.15. The van der Waals surface area contributed by atoms with Crippen molar-refractivity contribution in [2.24, 2.45) is 5.92 Å². The first-order valence-corrected chi connectivity index (χ1v) is 6.27. The van der Waals surface area contributed by atoms with E-state index in [-0.39, 0.29) is 29.1 Å². The molecule has 0 bridgehead atoms. The number of rotatable bonds is 5. The van der Waals surface area contributed by atoms with Gasteiger partial charge in [0.2, 0.25) is 5.82 Å². The van der Waals surface area contributed by atoms with Crippen molar-refractivity contribution in [1.82, 2.24) is 4.98 Å². The number of aromatic carboxylic acids is 1. The molecule has 1 aliphatic rings. The first-order valence-electron chi connectivity index (χ1n) is 6.27. The number of hydrogen-bond donors (Lipinski definition) is 3. The minimum atomic E-state index is -1.26. The Morgan fingerprint density at radius 3 is 2.85 bits per heavy atom. The van der Waals surface area contributed by atoms with Crippen molar-refractivity contribution in [2.45, 2.75) is 25.4 Å². The lowest BCUT2D eigenvalue weighted by atomic mass is 10.1. The van der Waals surface area contributed by atoms with Crippen LogP contribution in [0.15, 0.2) is 12.3 Å². The van der Waals surface area contributed by atoms with E-state index in [9.17, 15) is 20.0 Å². The average Bonchev–Trinajstić information content (AvgIpc) is 2.81. The Balaban J connectivity index is 2.10. The molecule has 1 aromatic heterocycles. The van der Waals surface area contributed by atoms with E-state index in [0.717, 1.165) is 25.1 Å². The molecule has 3 N–H and O–H groups in total. The standard InChI is InChI=1S/C12H15N3O5/c16-9-2-1-7(3-9)5-13-11-10(15(19)20)4-8(6-14-11)12(17)18/h4,6-7,9,16H,1-3,5H2,(H,13,14)(H,17,18). The Kier molecular flexibility index (Phi) is 4.14. The zero-order valence-electron chi connectivity index (χ0n) is 10.7. The number of carboxylic acids is 1. The summed E-state index contributed by atoms with van der Waals surface area (Å²) in [4.78, 5) is 24.9. The number of aromatic nitrogens is 1. The number of anilines is 1. The summed E-state index contributed by atoms with van der Waals surface area (Å²) in [5, 5.41) is 32.0. The SMILES string of the molecule is O=C(O)c1cnc(NCC2CCC(O)C2)c([N+](=O)[O-])c1. The van der Waals surface area contributed by atoms with Gasteiger partial charge in [0, 0.05) is 18.8 Å². The molecule has 1 aromatic rings. The third kappa shape index (κ3) is 3.21. The van der Waals surface area contributed by atoms with Crippen molar-refractivity contribution in [3.63, 3.8) is 0 Å². The van der Waals surface area contributed by atoms with Gasteiger partial charge in [0.25, 0.3) is 0 Å². The molecular formula is C12H15N3O5. The molecule has 1 heterocycles. The third-order valence-corrected chi connectivity index (χ3v) is 3.38. The summed E-state index contributed by atoms with van der Waals surface area (Å²) in [6.07, 6.45) is 3.03. The molecule has 0 spiro atoms. The molecule has 2 rings (SSSR count). The van der Waals surface area contributed by atoms with Gasteiger partial charge in [-0.15, -0.1) is 0 Å². The lowest BCUT2D eigenvalue weighted by Gasteiger charge is -2.11. The first kappa shape index (κ1) is 14.2.